The molecule has 1 aliphatic rings. The number of carbonyl (C=O) groups excluding carboxylic acids is 2. The number of likely N-dealkylation sites (N-methyl/N-ethyl adjacent to an activating group) is 1. The van der Waals surface area contributed by atoms with Gasteiger partial charge >= 0.3 is 0 Å². The first-order valence-corrected chi connectivity index (χ1v) is 12.3. The minimum atomic E-state index is -0.224. The minimum absolute atomic E-state index is 0.102. The van der Waals surface area contributed by atoms with Crippen LogP contribution in [0.25, 0.3) is 0 Å². The Hall–Kier alpha value is -3.95. The van der Waals surface area contributed by atoms with Crippen LogP contribution in [-0.4, -0.2) is 89.6 Å². The summed E-state index contributed by atoms with van der Waals surface area (Å²) in [5.41, 5.74) is 1.34. The van der Waals surface area contributed by atoms with Crippen LogP contribution in [-0.2, 0) is 11.3 Å². The third-order valence-corrected chi connectivity index (χ3v) is 6.12. The van der Waals surface area contributed by atoms with Gasteiger partial charge in [-0.2, -0.15) is 0 Å². The zero-order chi connectivity index (χ0) is 26.0. The number of aromatic nitrogens is 1. The molecule has 0 bridgehead atoms. The van der Waals surface area contributed by atoms with E-state index in [4.69, 9.17) is 9.47 Å². The first-order valence-electron chi connectivity index (χ1n) is 12.3. The number of amides is 2. The van der Waals surface area contributed by atoms with Gasteiger partial charge in [0.05, 0.1) is 13.2 Å². The lowest BCUT2D eigenvalue weighted by atomic mass is 10.2. The van der Waals surface area contributed by atoms with E-state index in [1.807, 2.05) is 47.4 Å². The standard InChI is InChI=1S/C28H32N4O5/c1-30-14-15-31(21-26(34)32(16-18-33)20-22-8-3-2-4-9-22)17-19-36-24-11-5-6-12-25(24)37-27-23(28(30)35)10-7-13-29-27/h2-13,33H,14-21H2,1H3. The van der Waals surface area contributed by atoms with E-state index in [2.05, 4.69) is 4.98 Å². The molecule has 3 aromatic rings. The predicted octanol–water partition coefficient (Wildman–Crippen LogP) is 2.66. The Morgan fingerprint density at radius 2 is 1.76 bits per heavy atom. The van der Waals surface area contributed by atoms with E-state index < -0.39 is 0 Å². The predicted molar refractivity (Wildman–Crippen MR) is 139 cm³/mol. The molecule has 2 amide bonds. The summed E-state index contributed by atoms with van der Waals surface area (Å²) >= 11 is 0. The smallest absolute Gasteiger partial charge is 0.259 e. The van der Waals surface area contributed by atoms with Crippen molar-refractivity contribution in [2.24, 2.45) is 0 Å². The molecule has 2 aromatic carbocycles. The van der Waals surface area contributed by atoms with Gasteiger partial charge in [0.1, 0.15) is 12.2 Å². The molecule has 0 aliphatic carbocycles. The molecular weight excluding hydrogens is 472 g/mol. The molecule has 2 heterocycles. The highest BCUT2D eigenvalue weighted by molar-refractivity contribution is 5.96. The van der Waals surface area contributed by atoms with Gasteiger partial charge in [-0.1, -0.05) is 42.5 Å². The first-order chi connectivity index (χ1) is 18.0. The van der Waals surface area contributed by atoms with Crippen LogP contribution in [0.5, 0.6) is 17.4 Å². The Bertz CT molecular complexity index is 1190. The Balaban J connectivity index is 1.53. The SMILES string of the molecule is CN1CCN(CC(=O)N(CCO)Cc2ccccc2)CCOc2ccccc2Oc2ncccc2C1=O. The van der Waals surface area contributed by atoms with Gasteiger partial charge < -0.3 is 24.4 Å². The number of benzene rings is 2. The molecule has 0 saturated carbocycles. The van der Waals surface area contributed by atoms with Crippen molar-refractivity contribution >= 4 is 11.8 Å². The topological polar surface area (TPSA) is 95.4 Å². The number of aliphatic hydroxyl groups is 1. The Morgan fingerprint density at radius 1 is 1.00 bits per heavy atom. The number of hydrogen-bond acceptors (Lipinski definition) is 7. The van der Waals surface area contributed by atoms with Crippen molar-refractivity contribution in [2.45, 2.75) is 6.54 Å². The van der Waals surface area contributed by atoms with Crippen molar-refractivity contribution in [3.05, 3.63) is 84.1 Å². The van der Waals surface area contributed by atoms with Crippen molar-refractivity contribution in [2.75, 3.05) is 53.0 Å². The third kappa shape index (κ3) is 7.05. The summed E-state index contributed by atoms with van der Waals surface area (Å²) in [6.45, 7) is 2.31. The molecule has 37 heavy (non-hydrogen) atoms. The lowest BCUT2D eigenvalue weighted by molar-refractivity contribution is -0.133. The largest absolute Gasteiger partial charge is 0.488 e. The Kier molecular flexibility index (Phi) is 9.07. The van der Waals surface area contributed by atoms with Gasteiger partial charge in [-0.05, 0) is 29.8 Å². The summed E-state index contributed by atoms with van der Waals surface area (Å²) in [6, 6.07) is 20.3. The van der Waals surface area contributed by atoms with E-state index in [0.717, 1.165) is 5.56 Å². The molecular formula is C28H32N4O5. The van der Waals surface area contributed by atoms with Crippen LogP contribution in [0.15, 0.2) is 72.9 Å². The second-order valence-corrected chi connectivity index (χ2v) is 8.78. The van der Waals surface area contributed by atoms with Crippen molar-refractivity contribution in [1.82, 2.24) is 19.7 Å². The van der Waals surface area contributed by atoms with E-state index in [1.165, 1.54) is 0 Å². The second-order valence-electron chi connectivity index (χ2n) is 8.78. The van der Waals surface area contributed by atoms with Crippen LogP contribution in [0.1, 0.15) is 15.9 Å². The summed E-state index contributed by atoms with van der Waals surface area (Å²) in [6.07, 6.45) is 1.58. The molecule has 0 unspecified atom stereocenters. The normalized spacial score (nSPS) is 14.6. The van der Waals surface area contributed by atoms with Crippen LogP contribution in [0.2, 0.25) is 0 Å². The second kappa shape index (κ2) is 12.8. The number of nitrogens with zero attached hydrogens (tertiary/aromatic N) is 4. The summed E-state index contributed by atoms with van der Waals surface area (Å²) in [5, 5.41) is 9.55. The van der Waals surface area contributed by atoms with Crippen LogP contribution in [0, 0.1) is 0 Å². The number of ether oxygens (including phenoxy) is 2. The lowest BCUT2D eigenvalue weighted by Gasteiger charge is -2.28. The fraction of sp³-hybridized carbons (Fsp3) is 0.321. The van der Waals surface area contributed by atoms with Gasteiger partial charge in [-0.25, -0.2) is 4.98 Å². The molecule has 0 atom stereocenters. The van der Waals surface area contributed by atoms with Gasteiger partial charge in [0.2, 0.25) is 11.8 Å². The monoisotopic (exact) mass is 504 g/mol. The molecule has 194 valence electrons. The zero-order valence-electron chi connectivity index (χ0n) is 21.0. The Morgan fingerprint density at radius 3 is 2.54 bits per heavy atom. The fourth-order valence-electron chi connectivity index (χ4n) is 4.05. The molecule has 9 nitrogen and oxygen atoms in total. The summed E-state index contributed by atoms with van der Waals surface area (Å²) in [4.78, 5) is 36.0. The first kappa shape index (κ1) is 26.1. The van der Waals surface area contributed by atoms with Gasteiger partial charge in [-0.15, -0.1) is 0 Å². The van der Waals surface area contributed by atoms with Crippen molar-refractivity contribution in [3.8, 4) is 17.4 Å². The van der Waals surface area contributed by atoms with Gasteiger partial charge in [0.15, 0.2) is 11.5 Å². The highest BCUT2D eigenvalue weighted by Gasteiger charge is 2.23. The van der Waals surface area contributed by atoms with Gasteiger partial charge in [0, 0.05) is 46.0 Å². The molecule has 9 heteroatoms. The summed E-state index contributed by atoms with van der Waals surface area (Å²) in [5.74, 6) is 0.864. The van der Waals surface area contributed by atoms with E-state index >= 15 is 0 Å². The molecule has 1 aliphatic heterocycles. The molecule has 0 spiro atoms. The molecule has 0 fully saturated rings. The minimum Gasteiger partial charge on any atom is -0.488 e. The zero-order valence-corrected chi connectivity index (χ0v) is 21.0. The molecule has 4 rings (SSSR count). The van der Waals surface area contributed by atoms with E-state index in [-0.39, 0.29) is 37.4 Å². The number of rotatable bonds is 6. The maximum Gasteiger partial charge on any atom is 0.259 e. The maximum absolute atomic E-state index is 13.3. The van der Waals surface area contributed by atoms with E-state index in [1.54, 1.807) is 47.3 Å². The summed E-state index contributed by atoms with van der Waals surface area (Å²) in [7, 11) is 1.72. The van der Waals surface area contributed by atoms with Crippen LogP contribution in [0.3, 0.4) is 0 Å². The molecule has 1 N–H and O–H groups in total. The van der Waals surface area contributed by atoms with E-state index in [0.29, 0.717) is 49.8 Å². The van der Waals surface area contributed by atoms with Crippen molar-refractivity contribution in [1.29, 1.82) is 0 Å². The maximum atomic E-state index is 13.3. The Labute approximate surface area is 216 Å². The highest BCUT2D eigenvalue weighted by Crippen LogP contribution is 2.32. The van der Waals surface area contributed by atoms with Gasteiger partial charge in [0.25, 0.3) is 5.91 Å². The van der Waals surface area contributed by atoms with E-state index in [9.17, 15) is 14.7 Å². The quantitative estimate of drug-likeness (QED) is 0.552. The van der Waals surface area contributed by atoms with Crippen molar-refractivity contribution < 1.29 is 24.2 Å². The summed E-state index contributed by atoms with van der Waals surface area (Å²) < 4.78 is 12.0. The van der Waals surface area contributed by atoms with Crippen molar-refractivity contribution in [3.63, 3.8) is 0 Å². The molecule has 0 radical (unpaired) electrons. The van der Waals surface area contributed by atoms with Gasteiger partial charge in [-0.3, -0.25) is 14.5 Å². The number of fused-ring (bicyclic) bond motifs is 2. The number of aliphatic hydroxyl groups excluding tert-OH is 1. The molecule has 1 aromatic heterocycles. The van der Waals surface area contributed by atoms with Crippen LogP contribution >= 0.6 is 0 Å². The highest BCUT2D eigenvalue weighted by atomic mass is 16.5. The number of hydrogen-bond donors (Lipinski definition) is 1. The third-order valence-electron chi connectivity index (χ3n) is 6.12. The lowest BCUT2D eigenvalue weighted by Crippen LogP contribution is -2.45. The fourth-order valence-corrected chi connectivity index (χ4v) is 4.05. The average Bonchev–Trinajstić information content (AvgIpc) is 2.93. The average molecular weight is 505 g/mol. The molecule has 0 saturated heterocycles. The van der Waals surface area contributed by atoms with Crippen LogP contribution < -0.4 is 9.47 Å². The number of para-hydroxylation sites is 2. The number of pyridine rings is 1. The number of carbonyl (C=O) groups is 2. The van der Waals surface area contributed by atoms with Crippen LogP contribution in [0.4, 0.5) is 0 Å².